The SMILES string of the molecule is CC(C)c1ncsc1NC(=O)CCl. The Bertz CT molecular complexity index is 298. The summed E-state index contributed by atoms with van der Waals surface area (Å²) in [5.74, 6) is 0.111. The molecule has 0 aliphatic rings. The lowest BCUT2D eigenvalue weighted by molar-refractivity contribution is -0.113. The van der Waals surface area contributed by atoms with E-state index in [1.54, 1.807) is 5.51 Å². The Balaban J connectivity index is 2.76. The van der Waals surface area contributed by atoms with E-state index in [4.69, 9.17) is 11.6 Å². The molecule has 5 heteroatoms. The van der Waals surface area contributed by atoms with Gasteiger partial charge in [0.2, 0.25) is 5.91 Å². The second kappa shape index (κ2) is 4.58. The topological polar surface area (TPSA) is 42.0 Å². The van der Waals surface area contributed by atoms with Crippen LogP contribution in [0.1, 0.15) is 25.5 Å². The molecule has 0 aliphatic carbocycles. The van der Waals surface area contributed by atoms with Crippen LogP contribution in [0.5, 0.6) is 0 Å². The van der Waals surface area contributed by atoms with Gasteiger partial charge in [-0.1, -0.05) is 13.8 Å². The Morgan fingerprint density at radius 2 is 2.46 bits per heavy atom. The predicted octanol–water partition coefficient (Wildman–Crippen LogP) is 2.44. The van der Waals surface area contributed by atoms with Crippen LogP contribution in [-0.4, -0.2) is 16.8 Å². The van der Waals surface area contributed by atoms with Crippen molar-refractivity contribution in [1.82, 2.24) is 4.98 Å². The molecule has 0 atom stereocenters. The summed E-state index contributed by atoms with van der Waals surface area (Å²) in [6.07, 6.45) is 0. The Kier molecular flexibility index (Phi) is 3.69. The first-order valence-corrected chi connectivity index (χ1v) is 5.35. The summed E-state index contributed by atoms with van der Waals surface area (Å²) >= 11 is 6.79. The molecular formula is C8H11ClN2OS. The van der Waals surface area contributed by atoms with Gasteiger partial charge >= 0.3 is 0 Å². The molecule has 0 aromatic carbocycles. The molecule has 72 valence electrons. The van der Waals surface area contributed by atoms with Gasteiger partial charge in [0.05, 0.1) is 11.2 Å². The molecule has 0 radical (unpaired) electrons. The molecule has 1 rings (SSSR count). The van der Waals surface area contributed by atoms with Crippen molar-refractivity contribution < 1.29 is 4.79 Å². The number of alkyl halides is 1. The maximum Gasteiger partial charge on any atom is 0.239 e. The molecule has 3 nitrogen and oxygen atoms in total. The molecule has 1 aromatic heterocycles. The summed E-state index contributed by atoms with van der Waals surface area (Å²) in [7, 11) is 0. The van der Waals surface area contributed by atoms with Gasteiger partial charge in [0.1, 0.15) is 10.9 Å². The van der Waals surface area contributed by atoms with Gasteiger partial charge in [0.15, 0.2) is 0 Å². The third-order valence-electron chi connectivity index (χ3n) is 1.52. The van der Waals surface area contributed by atoms with Crippen molar-refractivity contribution in [1.29, 1.82) is 0 Å². The van der Waals surface area contributed by atoms with Crippen LogP contribution in [0, 0.1) is 0 Å². The molecule has 0 saturated carbocycles. The van der Waals surface area contributed by atoms with E-state index in [0.29, 0.717) is 5.92 Å². The maximum atomic E-state index is 11.0. The molecule has 1 heterocycles. The molecule has 0 unspecified atom stereocenters. The van der Waals surface area contributed by atoms with E-state index in [1.807, 2.05) is 13.8 Å². The number of thiazole rings is 1. The zero-order chi connectivity index (χ0) is 9.84. The number of hydrogen-bond acceptors (Lipinski definition) is 3. The first kappa shape index (κ1) is 10.5. The lowest BCUT2D eigenvalue weighted by atomic mass is 10.1. The number of rotatable bonds is 3. The minimum Gasteiger partial charge on any atom is -0.315 e. The number of nitrogens with one attached hydrogen (secondary N) is 1. The third kappa shape index (κ3) is 2.67. The lowest BCUT2D eigenvalue weighted by Gasteiger charge is -2.05. The highest BCUT2D eigenvalue weighted by Crippen LogP contribution is 2.26. The molecule has 0 aliphatic heterocycles. The minimum atomic E-state index is -0.187. The standard InChI is InChI=1S/C8H11ClN2OS/c1-5(2)7-8(13-4-10-7)11-6(12)3-9/h4-5H,3H2,1-2H3,(H,11,12). The summed E-state index contributed by atoms with van der Waals surface area (Å²) < 4.78 is 0. The molecule has 1 amide bonds. The monoisotopic (exact) mass is 218 g/mol. The average molecular weight is 219 g/mol. The van der Waals surface area contributed by atoms with Gasteiger partial charge in [-0.3, -0.25) is 4.79 Å². The van der Waals surface area contributed by atoms with Crippen LogP contribution in [-0.2, 0) is 4.79 Å². The van der Waals surface area contributed by atoms with Gasteiger partial charge in [-0.05, 0) is 5.92 Å². The molecule has 0 saturated heterocycles. The van der Waals surface area contributed by atoms with E-state index in [2.05, 4.69) is 10.3 Å². The van der Waals surface area contributed by atoms with E-state index in [9.17, 15) is 4.79 Å². The number of anilines is 1. The van der Waals surface area contributed by atoms with Crippen molar-refractivity contribution in [3.05, 3.63) is 11.2 Å². The zero-order valence-electron chi connectivity index (χ0n) is 7.50. The van der Waals surface area contributed by atoms with Crippen molar-refractivity contribution in [2.24, 2.45) is 0 Å². The molecule has 0 bridgehead atoms. The van der Waals surface area contributed by atoms with Crippen molar-refractivity contribution in [2.45, 2.75) is 19.8 Å². The quantitative estimate of drug-likeness (QED) is 0.792. The number of hydrogen-bond donors (Lipinski definition) is 1. The molecule has 0 fully saturated rings. The highest BCUT2D eigenvalue weighted by Gasteiger charge is 2.11. The van der Waals surface area contributed by atoms with Crippen molar-refractivity contribution in [2.75, 3.05) is 11.2 Å². The van der Waals surface area contributed by atoms with Crippen molar-refractivity contribution in [3.8, 4) is 0 Å². The number of amides is 1. The van der Waals surface area contributed by atoms with E-state index in [-0.39, 0.29) is 11.8 Å². The van der Waals surface area contributed by atoms with Gasteiger partial charge in [0, 0.05) is 0 Å². The first-order chi connectivity index (χ1) is 6.15. The minimum absolute atomic E-state index is 0.0184. The summed E-state index contributed by atoms with van der Waals surface area (Å²) in [5.41, 5.74) is 2.64. The fraction of sp³-hybridized carbons (Fsp3) is 0.500. The Labute approximate surface area is 86.1 Å². The number of halogens is 1. The van der Waals surface area contributed by atoms with E-state index in [1.165, 1.54) is 11.3 Å². The normalized spacial score (nSPS) is 10.5. The molecule has 1 N–H and O–H groups in total. The smallest absolute Gasteiger partial charge is 0.239 e. The fourth-order valence-corrected chi connectivity index (χ4v) is 1.84. The molecule has 13 heavy (non-hydrogen) atoms. The largest absolute Gasteiger partial charge is 0.315 e. The summed E-state index contributed by atoms with van der Waals surface area (Å²) in [4.78, 5) is 15.2. The zero-order valence-corrected chi connectivity index (χ0v) is 9.08. The Morgan fingerprint density at radius 1 is 1.77 bits per heavy atom. The van der Waals surface area contributed by atoms with Crippen LogP contribution < -0.4 is 5.32 Å². The van der Waals surface area contributed by atoms with Crippen LogP contribution in [0.3, 0.4) is 0 Å². The third-order valence-corrected chi connectivity index (χ3v) is 2.52. The number of carbonyl (C=O) groups excluding carboxylic acids is 1. The Hall–Kier alpha value is -0.610. The van der Waals surface area contributed by atoms with Gasteiger partial charge in [0.25, 0.3) is 0 Å². The number of carbonyl (C=O) groups is 1. The van der Waals surface area contributed by atoms with Crippen LogP contribution in [0.2, 0.25) is 0 Å². The van der Waals surface area contributed by atoms with Crippen LogP contribution >= 0.6 is 22.9 Å². The number of nitrogens with zero attached hydrogens (tertiary/aromatic N) is 1. The second-order valence-corrected chi connectivity index (χ2v) is 4.03. The maximum absolute atomic E-state index is 11.0. The van der Waals surface area contributed by atoms with E-state index >= 15 is 0 Å². The van der Waals surface area contributed by atoms with Gasteiger partial charge in [-0.15, -0.1) is 22.9 Å². The Morgan fingerprint density at radius 3 is 3.00 bits per heavy atom. The van der Waals surface area contributed by atoms with Crippen LogP contribution in [0.25, 0.3) is 0 Å². The average Bonchev–Trinajstić information content (AvgIpc) is 2.52. The summed E-state index contributed by atoms with van der Waals surface area (Å²) in [6, 6.07) is 0. The summed E-state index contributed by atoms with van der Waals surface area (Å²) in [6.45, 7) is 4.07. The number of aromatic nitrogens is 1. The van der Waals surface area contributed by atoms with Gasteiger partial charge in [-0.25, -0.2) is 4.98 Å². The van der Waals surface area contributed by atoms with E-state index in [0.717, 1.165) is 10.7 Å². The van der Waals surface area contributed by atoms with E-state index < -0.39 is 0 Å². The molecular weight excluding hydrogens is 208 g/mol. The fourth-order valence-electron chi connectivity index (χ4n) is 0.920. The highest BCUT2D eigenvalue weighted by atomic mass is 35.5. The molecule has 1 aromatic rings. The van der Waals surface area contributed by atoms with Crippen molar-refractivity contribution >= 4 is 33.8 Å². The van der Waals surface area contributed by atoms with Crippen molar-refractivity contribution in [3.63, 3.8) is 0 Å². The molecule has 0 spiro atoms. The van der Waals surface area contributed by atoms with Gasteiger partial charge in [-0.2, -0.15) is 0 Å². The van der Waals surface area contributed by atoms with Crippen LogP contribution in [0.15, 0.2) is 5.51 Å². The van der Waals surface area contributed by atoms with Crippen LogP contribution in [0.4, 0.5) is 5.00 Å². The van der Waals surface area contributed by atoms with Gasteiger partial charge < -0.3 is 5.32 Å². The lowest BCUT2D eigenvalue weighted by Crippen LogP contribution is -2.13. The highest BCUT2D eigenvalue weighted by molar-refractivity contribution is 7.14. The first-order valence-electron chi connectivity index (χ1n) is 3.94. The second-order valence-electron chi connectivity index (χ2n) is 2.90. The predicted molar refractivity (Wildman–Crippen MR) is 55.6 cm³/mol. The summed E-state index contributed by atoms with van der Waals surface area (Å²) in [5, 5.41) is 3.51.